The van der Waals surface area contributed by atoms with Crippen LogP contribution in [0, 0.1) is 24.6 Å². The number of carbonyl (C=O) groups is 1. The zero-order valence-electron chi connectivity index (χ0n) is 18.2. The topological polar surface area (TPSA) is 132 Å². The lowest BCUT2D eigenvalue weighted by atomic mass is 9.91. The molecule has 1 aromatic carbocycles. The van der Waals surface area contributed by atoms with Gasteiger partial charge in [0.05, 0.1) is 10.7 Å². The minimum atomic E-state index is -1.09. The molecule has 2 aliphatic carbocycles. The zero-order valence-corrected chi connectivity index (χ0v) is 18.9. The number of nitrogen functional groups attached to an aromatic ring is 1. The van der Waals surface area contributed by atoms with Crippen LogP contribution in [0.5, 0.6) is 0 Å². The summed E-state index contributed by atoms with van der Waals surface area (Å²) in [7, 11) is 1.69. The van der Waals surface area contributed by atoms with E-state index in [9.17, 15) is 14.3 Å². The molecule has 2 unspecified atom stereocenters. The van der Waals surface area contributed by atoms with Crippen molar-refractivity contribution in [2.24, 2.45) is 18.9 Å². The van der Waals surface area contributed by atoms with Gasteiger partial charge in [0.15, 0.2) is 0 Å². The van der Waals surface area contributed by atoms with Crippen LogP contribution < -0.4 is 11.1 Å². The third-order valence-electron chi connectivity index (χ3n) is 6.89. The fraction of sp³-hybridized carbons (Fsp3) is 0.455. The van der Waals surface area contributed by atoms with Crippen molar-refractivity contribution in [1.82, 2.24) is 19.9 Å². The Morgan fingerprint density at radius 3 is 2.67 bits per heavy atom. The molecule has 3 aromatic rings. The molecule has 0 aliphatic heterocycles. The van der Waals surface area contributed by atoms with Crippen molar-refractivity contribution in [2.45, 2.75) is 44.1 Å². The Hall–Kier alpha value is -2.98. The largest absolute Gasteiger partial charge is 0.383 e. The Balaban J connectivity index is 1.36. The van der Waals surface area contributed by atoms with Gasteiger partial charge in [-0.2, -0.15) is 10.1 Å². The van der Waals surface area contributed by atoms with Gasteiger partial charge in [0.25, 0.3) is 5.91 Å². The molecule has 2 aliphatic rings. The molecule has 0 spiro atoms. The van der Waals surface area contributed by atoms with Crippen molar-refractivity contribution >= 4 is 29.0 Å². The van der Waals surface area contributed by atoms with Gasteiger partial charge >= 0.3 is 0 Å². The van der Waals surface area contributed by atoms with Crippen LogP contribution in [0.1, 0.15) is 59.4 Å². The van der Waals surface area contributed by atoms with E-state index >= 15 is 0 Å². The average Bonchev–Trinajstić information content (AvgIpc) is 3.48. The van der Waals surface area contributed by atoms with E-state index in [-0.39, 0.29) is 28.6 Å². The van der Waals surface area contributed by atoms with Crippen LogP contribution in [-0.2, 0) is 12.6 Å². The van der Waals surface area contributed by atoms with Crippen LogP contribution in [0.4, 0.5) is 15.9 Å². The second-order valence-electron chi connectivity index (χ2n) is 9.12. The molecule has 33 heavy (non-hydrogen) atoms. The monoisotopic (exact) mass is 474 g/mol. The number of anilines is 2. The first-order valence-electron chi connectivity index (χ1n) is 10.8. The summed E-state index contributed by atoms with van der Waals surface area (Å²) in [5.74, 6) is 0.548. The number of nitrogens with one attached hydrogen (secondary N) is 1. The van der Waals surface area contributed by atoms with E-state index in [1.807, 2.05) is 0 Å². The first-order valence-corrected chi connectivity index (χ1v) is 11.1. The number of aliphatic hydroxyl groups is 1. The highest BCUT2D eigenvalue weighted by molar-refractivity contribution is 6.31. The first-order chi connectivity index (χ1) is 15.6. The lowest BCUT2D eigenvalue weighted by Crippen LogP contribution is -2.25. The summed E-state index contributed by atoms with van der Waals surface area (Å²) in [4.78, 5) is 17.3. The van der Waals surface area contributed by atoms with E-state index in [1.54, 1.807) is 14.0 Å². The maximum Gasteiger partial charge on any atom is 0.261 e. The van der Waals surface area contributed by atoms with Gasteiger partial charge < -0.3 is 20.7 Å². The van der Waals surface area contributed by atoms with Crippen LogP contribution >= 0.6 is 11.6 Å². The highest BCUT2D eigenvalue weighted by Gasteiger charge is 2.52. The average molecular weight is 475 g/mol. The molecule has 1 amide bonds. The summed E-state index contributed by atoms with van der Waals surface area (Å²) in [6, 6.07) is 3.98. The summed E-state index contributed by atoms with van der Waals surface area (Å²) in [5, 5.41) is 22.2. The van der Waals surface area contributed by atoms with Crippen molar-refractivity contribution in [1.29, 1.82) is 0 Å². The number of fused-ring (bicyclic) bond motifs is 1. The molecule has 2 fully saturated rings. The SMILES string of the molecule is Cc1nc(C2(O)CC3CC(c4nn(C)c(N)c4C(=O)Nc4ccc(F)c(Cl)c4)CC3C2)no1. The van der Waals surface area contributed by atoms with Gasteiger partial charge in [-0.25, -0.2) is 4.39 Å². The quantitative estimate of drug-likeness (QED) is 0.526. The van der Waals surface area contributed by atoms with Crippen molar-refractivity contribution < 1.29 is 18.8 Å². The number of rotatable bonds is 4. The number of hydrogen-bond donors (Lipinski definition) is 3. The van der Waals surface area contributed by atoms with Crippen LogP contribution in [0.15, 0.2) is 22.7 Å². The Bertz CT molecular complexity index is 1230. The predicted octanol–water partition coefficient (Wildman–Crippen LogP) is 3.53. The molecule has 2 heterocycles. The van der Waals surface area contributed by atoms with Gasteiger partial charge in [-0.1, -0.05) is 16.8 Å². The summed E-state index contributed by atoms with van der Waals surface area (Å²) < 4.78 is 20.0. The Morgan fingerprint density at radius 2 is 2.06 bits per heavy atom. The normalized spacial score (nSPS) is 26.5. The second-order valence-corrected chi connectivity index (χ2v) is 9.52. The van der Waals surface area contributed by atoms with Gasteiger partial charge in [-0.15, -0.1) is 0 Å². The van der Waals surface area contributed by atoms with E-state index in [2.05, 4.69) is 20.6 Å². The number of hydrogen-bond acceptors (Lipinski definition) is 7. The summed E-state index contributed by atoms with van der Waals surface area (Å²) in [6.45, 7) is 1.70. The molecular formula is C22H24ClFN6O3. The lowest BCUT2D eigenvalue weighted by molar-refractivity contribution is 0.0232. The zero-order chi connectivity index (χ0) is 23.5. The summed E-state index contributed by atoms with van der Waals surface area (Å²) in [5.41, 5.74) is 6.42. The highest BCUT2D eigenvalue weighted by Crippen LogP contribution is 2.56. The number of aryl methyl sites for hydroxylation is 2. The third-order valence-corrected chi connectivity index (χ3v) is 7.18. The Labute approximate surface area is 194 Å². The molecule has 2 saturated carbocycles. The number of halogens is 2. The minimum absolute atomic E-state index is 0.0256. The van der Waals surface area contributed by atoms with Crippen molar-refractivity contribution in [2.75, 3.05) is 11.1 Å². The fourth-order valence-corrected chi connectivity index (χ4v) is 5.58. The maximum absolute atomic E-state index is 13.5. The van der Waals surface area contributed by atoms with Crippen LogP contribution in [0.25, 0.3) is 0 Å². The number of nitrogens with two attached hydrogens (primary N) is 1. The molecule has 0 bridgehead atoms. The van der Waals surface area contributed by atoms with Gasteiger partial charge in [0.2, 0.25) is 11.7 Å². The number of carbonyl (C=O) groups excluding carboxylic acids is 1. The van der Waals surface area contributed by atoms with Crippen molar-refractivity contribution in [3.05, 3.63) is 52.0 Å². The number of amides is 1. The summed E-state index contributed by atoms with van der Waals surface area (Å²) >= 11 is 5.83. The number of nitrogens with zero attached hydrogens (tertiary/aromatic N) is 4. The fourth-order valence-electron chi connectivity index (χ4n) is 5.40. The minimum Gasteiger partial charge on any atom is -0.383 e. The molecular weight excluding hydrogens is 451 g/mol. The van der Waals surface area contributed by atoms with E-state index in [1.165, 1.54) is 22.9 Å². The highest BCUT2D eigenvalue weighted by atomic mass is 35.5. The summed E-state index contributed by atoms with van der Waals surface area (Å²) in [6.07, 6.45) is 2.60. The van der Waals surface area contributed by atoms with Crippen molar-refractivity contribution in [3.8, 4) is 0 Å². The van der Waals surface area contributed by atoms with Gasteiger partial charge in [0.1, 0.15) is 22.8 Å². The smallest absolute Gasteiger partial charge is 0.261 e. The molecule has 174 valence electrons. The molecule has 0 radical (unpaired) electrons. The predicted molar refractivity (Wildman–Crippen MR) is 118 cm³/mol. The second kappa shape index (κ2) is 7.81. The van der Waals surface area contributed by atoms with Gasteiger partial charge in [-0.3, -0.25) is 9.48 Å². The molecule has 9 nitrogen and oxygen atoms in total. The Morgan fingerprint density at radius 1 is 1.36 bits per heavy atom. The number of aromatic nitrogens is 4. The third kappa shape index (κ3) is 3.76. The van der Waals surface area contributed by atoms with Crippen LogP contribution in [0.3, 0.4) is 0 Å². The standard InChI is InChI=1S/C22H24ClFN6O3/c1-10-26-21(29-33-10)22(32)8-12-5-11(6-13(12)9-22)18-17(19(25)30(2)28-18)20(31)27-14-3-4-16(24)15(23)7-14/h3-4,7,11-13,32H,5-6,8-9,25H2,1-2H3,(H,27,31). The maximum atomic E-state index is 13.5. The molecule has 5 rings (SSSR count). The van der Waals surface area contributed by atoms with Crippen LogP contribution in [-0.4, -0.2) is 30.9 Å². The van der Waals surface area contributed by atoms with E-state index in [4.69, 9.17) is 21.9 Å². The van der Waals surface area contributed by atoms with E-state index in [0.717, 1.165) is 12.8 Å². The first kappa shape index (κ1) is 21.8. The molecule has 2 aromatic heterocycles. The molecule has 0 saturated heterocycles. The van der Waals surface area contributed by atoms with Gasteiger partial charge in [-0.05, 0) is 55.7 Å². The van der Waals surface area contributed by atoms with Gasteiger partial charge in [0, 0.05) is 25.6 Å². The molecule has 4 N–H and O–H groups in total. The van der Waals surface area contributed by atoms with Crippen molar-refractivity contribution in [3.63, 3.8) is 0 Å². The van der Waals surface area contributed by atoms with Crippen LogP contribution in [0.2, 0.25) is 5.02 Å². The Kier molecular flexibility index (Phi) is 5.17. The molecule has 2 atom stereocenters. The van der Waals surface area contributed by atoms with E-state index < -0.39 is 17.3 Å². The van der Waals surface area contributed by atoms with E-state index in [0.29, 0.717) is 41.5 Å². The number of benzene rings is 1. The molecule has 11 heteroatoms. The lowest BCUT2D eigenvalue weighted by Gasteiger charge is -2.20.